The fraction of sp³-hybridized carbons (Fsp3) is 0.0213. The summed E-state index contributed by atoms with van der Waals surface area (Å²) >= 11 is 0. The molecule has 0 saturated carbocycles. The summed E-state index contributed by atoms with van der Waals surface area (Å²) in [5.41, 5.74) is 9.35. The molecule has 9 aromatic rings. The molecule has 8 aromatic carbocycles. The number of nitrogens with zero attached hydrogens (tertiary/aromatic N) is 2. The van der Waals surface area contributed by atoms with Crippen molar-refractivity contribution in [2.75, 3.05) is 0 Å². The lowest BCUT2D eigenvalue weighted by Crippen LogP contribution is -2.36. The Morgan fingerprint density at radius 3 is 1.78 bits per heavy atom. The lowest BCUT2D eigenvalue weighted by Gasteiger charge is -2.23. The molecular formula is C47H31N3O. The molecular weight excluding hydrogens is 623 g/mol. The number of hydrogen-bond donors (Lipinski definition) is 1. The van der Waals surface area contributed by atoms with E-state index in [9.17, 15) is 0 Å². The SMILES string of the molecule is c1ccc(C2=NC(c3cc4ccccc4c4oc5cc(-c6ccccc6)ccc5c34)N=C(c3ccc(-c4cccc5ccccc45)cc3)N2)cc1. The molecule has 1 aliphatic rings. The van der Waals surface area contributed by atoms with E-state index in [2.05, 4.69) is 157 Å². The number of amidine groups is 2. The molecule has 1 aliphatic heterocycles. The summed E-state index contributed by atoms with van der Waals surface area (Å²) in [5.74, 6) is 1.56. The number of benzene rings is 8. The van der Waals surface area contributed by atoms with E-state index >= 15 is 0 Å². The van der Waals surface area contributed by atoms with Gasteiger partial charge in [-0.25, -0.2) is 9.98 Å². The van der Waals surface area contributed by atoms with Crippen LogP contribution < -0.4 is 5.32 Å². The van der Waals surface area contributed by atoms with Crippen molar-refractivity contribution in [1.82, 2.24) is 5.32 Å². The Morgan fingerprint density at radius 1 is 0.431 bits per heavy atom. The lowest BCUT2D eigenvalue weighted by atomic mass is 9.96. The smallest absolute Gasteiger partial charge is 0.170 e. The minimum absolute atomic E-state index is 0.504. The van der Waals surface area contributed by atoms with Crippen molar-refractivity contribution >= 4 is 55.2 Å². The van der Waals surface area contributed by atoms with E-state index < -0.39 is 6.17 Å². The van der Waals surface area contributed by atoms with Crippen molar-refractivity contribution in [2.45, 2.75) is 6.17 Å². The molecule has 0 bridgehead atoms. The van der Waals surface area contributed by atoms with Crippen LogP contribution in [0, 0.1) is 0 Å². The van der Waals surface area contributed by atoms with Crippen LogP contribution in [-0.2, 0) is 0 Å². The van der Waals surface area contributed by atoms with E-state index in [1.807, 2.05) is 24.3 Å². The Bertz CT molecular complexity index is 2810. The maximum Gasteiger partial charge on any atom is 0.170 e. The number of fused-ring (bicyclic) bond motifs is 6. The van der Waals surface area contributed by atoms with Crippen molar-refractivity contribution in [1.29, 1.82) is 0 Å². The predicted molar refractivity (Wildman–Crippen MR) is 211 cm³/mol. The van der Waals surface area contributed by atoms with Crippen molar-refractivity contribution in [3.63, 3.8) is 0 Å². The van der Waals surface area contributed by atoms with Gasteiger partial charge in [0, 0.05) is 32.8 Å². The molecule has 10 rings (SSSR count). The predicted octanol–water partition coefficient (Wildman–Crippen LogP) is 11.7. The van der Waals surface area contributed by atoms with Crippen LogP contribution in [0.25, 0.3) is 65.7 Å². The van der Waals surface area contributed by atoms with Crippen LogP contribution in [0.1, 0.15) is 22.9 Å². The topological polar surface area (TPSA) is 49.9 Å². The zero-order chi connectivity index (χ0) is 33.7. The normalized spacial score (nSPS) is 14.5. The third-order valence-electron chi connectivity index (χ3n) is 9.93. The summed E-state index contributed by atoms with van der Waals surface area (Å²) in [7, 11) is 0. The molecule has 0 aliphatic carbocycles. The van der Waals surface area contributed by atoms with Gasteiger partial charge in [0.15, 0.2) is 6.17 Å². The van der Waals surface area contributed by atoms with E-state index in [4.69, 9.17) is 14.4 Å². The zero-order valence-electron chi connectivity index (χ0n) is 27.6. The Hall–Kier alpha value is -6.78. The molecule has 0 amide bonds. The number of rotatable bonds is 5. The molecule has 0 fully saturated rings. The van der Waals surface area contributed by atoms with Gasteiger partial charge >= 0.3 is 0 Å². The van der Waals surface area contributed by atoms with E-state index in [-0.39, 0.29) is 0 Å². The summed E-state index contributed by atoms with van der Waals surface area (Å²) in [6, 6.07) is 61.6. The van der Waals surface area contributed by atoms with Crippen LogP contribution in [0.15, 0.2) is 190 Å². The van der Waals surface area contributed by atoms with Gasteiger partial charge in [0.1, 0.15) is 22.8 Å². The van der Waals surface area contributed by atoms with Crippen molar-refractivity contribution in [2.24, 2.45) is 9.98 Å². The molecule has 2 heterocycles. The molecule has 0 radical (unpaired) electrons. The van der Waals surface area contributed by atoms with E-state index in [1.165, 1.54) is 16.3 Å². The minimum atomic E-state index is -0.504. The molecule has 1 aromatic heterocycles. The van der Waals surface area contributed by atoms with Crippen LogP contribution in [0.5, 0.6) is 0 Å². The molecule has 0 saturated heterocycles. The first-order valence-electron chi connectivity index (χ1n) is 17.3. The van der Waals surface area contributed by atoms with Crippen LogP contribution in [-0.4, -0.2) is 11.7 Å². The number of nitrogens with one attached hydrogen (secondary N) is 1. The van der Waals surface area contributed by atoms with Crippen LogP contribution >= 0.6 is 0 Å². The second kappa shape index (κ2) is 12.0. The van der Waals surface area contributed by atoms with Gasteiger partial charge in [0.25, 0.3) is 0 Å². The second-order valence-corrected chi connectivity index (χ2v) is 13.0. The highest BCUT2D eigenvalue weighted by Gasteiger charge is 2.25. The van der Waals surface area contributed by atoms with E-state index in [0.717, 1.165) is 77.8 Å². The minimum Gasteiger partial charge on any atom is -0.455 e. The first kappa shape index (κ1) is 29.2. The third kappa shape index (κ3) is 5.08. The highest BCUT2D eigenvalue weighted by atomic mass is 16.3. The zero-order valence-corrected chi connectivity index (χ0v) is 27.6. The average molecular weight is 654 g/mol. The Balaban J connectivity index is 1.14. The van der Waals surface area contributed by atoms with Gasteiger partial charge in [0.2, 0.25) is 0 Å². The van der Waals surface area contributed by atoms with Crippen LogP contribution in [0.3, 0.4) is 0 Å². The van der Waals surface area contributed by atoms with E-state index in [0.29, 0.717) is 0 Å². The first-order valence-corrected chi connectivity index (χ1v) is 17.3. The summed E-state index contributed by atoms with van der Waals surface area (Å²) in [4.78, 5) is 10.6. The molecule has 1 N–H and O–H groups in total. The highest BCUT2D eigenvalue weighted by Crippen LogP contribution is 2.42. The fourth-order valence-corrected chi connectivity index (χ4v) is 7.42. The van der Waals surface area contributed by atoms with Crippen molar-refractivity contribution in [3.8, 4) is 22.3 Å². The number of aliphatic imine (C=N–C) groups is 2. The number of hydrogen-bond acceptors (Lipinski definition) is 4. The molecule has 240 valence electrons. The molecule has 51 heavy (non-hydrogen) atoms. The maximum atomic E-state index is 6.76. The first-order chi connectivity index (χ1) is 25.3. The molecule has 1 atom stereocenters. The lowest BCUT2D eigenvalue weighted by molar-refractivity contribution is 0.671. The van der Waals surface area contributed by atoms with Gasteiger partial charge in [-0.1, -0.05) is 158 Å². The summed E-state index contributed by atoms with van der Waals surface area (Å²) < 4.78 is 6.76. The second-order valence-electron chi connectivity index (χ2n) is 13.0. The van der Waals surface area contributed by atoms with Crippen molar-refractivity contribution < 1.29 is 4.42 Å². The van der Waals surface area contributed by atoms with Crippen LogP contribution in [0.4, 0.5) is 0 Å². The summed E-state index contributed by atoms with van der Waals surface area (Å²) in [6.45, 7) is 0. The third-order valence-corrected chi connectivity index (χ3v) is 9.93. The molecule has 1 unspecified atom stereocenters. The van der Waals surface area contributed by atoms with Gasteiger partial charge in [-0.2, -0.15) is 0 Å². The summed E-state index contributed by atoms with van der Waals surface area (Å²) in [6.07, 6.45) is -0.504. The van der Waals surface area contributed by atoms with Gasteiger partial charge in [0.05, 0.1) is 0 Å². The Kier molecular flexibility index (Phi) is 6.85. The van der Waals surface area contributed by atoms with Gasteiger partial charge in [-0.15, -0.1) is 0 Å². The molecule has 0 spiro atoms. The maximum absolute atomic E-state index is 6.76. The Morgan fingerprint density at radius 2 is 1.02 bits per heavy atom. The Labute approximate surface area is 295 Å². The largest absolute Gasteiger partial charge is 0.455 e. The van der Waals surface area contributed by atoms with Gasteiger partial charge in [-0.3, -0.25) is 0 Å². The van der Waals surface area contributed by atoms with Gasteiger partial charge in [-0.05, 0) is 56.6 Å². The van der Waals surface area contributed by atoms with Gasteiger partial charge < -0.3 is 9.73 Å². The fourth-order valence-electron chi connectivity index (χ4n) is 7.42. The van der Waals surface area contributed by atoms with E-state index in [1.54, 1.807) is 0 Å². The summed E-state index contributed by atoms with van der Waals surface area (Å²) in [5, 5.41) is 10.3. The van der Waals surface area contributed by atoms with Crippen molar-refractivity contribution in [3.05, 3.63) is 193 Å². The molecule has 4 nitrogen and oxygen atoms in total. The highest BCUT2D eigenvalue weighted by molar-refractivity contribution is 6.19. The average Bonchev–Trinajstić information content (AvgIpc) is 3.60. The monoisotopic (exact) mass is 653 g/mol. The number of furan rings is 1. The van der Waals surface area contributed by atoms with Crippen LogP contribution in [0.2, 0.25) is 0 Å². The standard InChI is InChI=1S/C47H31N3O/c1-3-12-30(13-4-1)35-26-27-40-42(29-35)51-44-39-20-10-8-17-36(39)28-41(43(40)44)47-49-45(33-15-5-2-6-16-33)48-46(50-47)34-24-22-32(23-25-34)38-21-11-18-31-14-7-9-19-37(31)38/h1-29,47H,(H,48,49,50). The molecule has 4 heteroatoms. The quantitative estimate of drug-likeness (QED) is 0.201.